The van der Waals surface area contributed by atoms with Gasteiger partial charge in [0.1, 0.15) is 18.0 Å². The number of alkyl halides is 4. The van der Waals surface area contributed by atoms with Gasteiger partial charge in [-0.2, -0.15) is 13.9 Å². The van der Waals surface area contributed by atoms with E-state index in [2.05, 4.69) is 15.2 Å². The summed E-state index contributed by atoms with van der Waals surface area (Å²) in [5, 5.41) is 6.46. The lowest BCUT2D eigenvalue weighted by atomic mass is 10.2. The van der Waals surface area contributed by atoms with Crippen LogP contribution in [0.5, 0.6) is 5.75 Å². The highest BCUT2D eigenvalue weighted by Gasteiger charge is 2.30. The first-order chi connectivity index (χ1) is 12.3. The van der Waals surface area contributed by atoms with E-state index >= 15 is 0 Å². The fraction of sp³-hybridized carbons (Fsp3) is 0.412. The highest BCUT2D eigenvalue weighted by Crippen LogP contribution is 2.41. The maximum Gasteiger partial charge on any atom is 0.387 e. The summed E-state index contributed by atoms with van der Waals surface area (Å²) in [4.78, 5) is 12.3. The van der Waals surface area contributed by atoms with Crippen molar-refractivity contribution in [2.45, 2.75) is 45.3 Å². The van der Waals surface area contributed by atoms with E-state index in [0.717, 1.165) is 12.8 Å². The number of rotatable bonds is 7. The fourth-order valence-electron chi connectivity index (χ4n) is 2.67. The molecular weight excluding hydrogens is 354 g/mol. The van der Waals surface area contributed by atoms with Gasteiger partial charge in [0, 0.05) is 17.3 Å². The van der Waals surface area contributed by atoms with Crippen LogP contribution in [0.25, 0.3) is 0 Å². The molecule has 1 aliphatic carbocycles. The molecule has 1 aromatic carbocycles. The molecule has 26 heavy (non-hydrogen) atoms. The monoisotopic (exact) mass is 371 g/mol. The summed E-state index contributed by atoms with van der Waals surface area (Å²) in [6.45, 7) is -1.50. The number of anilines is 1. The Hall–Kier alpha value is -2.58. The first kappa shape index (κ1) is 18.2. The lowest BCUT2D eigenvalue weighted by molar-refractivity contribution is -0.117. The molecule has 1 aromatic heterocycles. The molecule has 0 bridgehead atoms. The Morgan fingerprint density at radius 2 is 2.04 bits per heavy atom. The Balaban J connectivity index is 1.69. The van der Waals surface area contributed by atoms with E-state index in [9.17, 15) is 22.4 Å². The second kappa shape index (κ2) is 7.35. The zero-order valence-electron chi connectivity index (χ0n) is 13.9. The standard InChI is InChI=1S/C17H17F4N3O2/c1-9-6-11(26-17(20)21)4-5-12(9)22-15(25)8-24-14(10-2-3-10)7-13(23-24)16(18)19/h4-7,10,16-17H,2-3,8H2,1H3,(H,22,25). The van der Waals surface area contributed by atoms with E-state index in [-0.39, 0.29) is 23.9 Å². The molecule has 0 spiro atoms. The van der Waals surface area contributed by atoms with E-state index in [4.69, 9.17) is 0 Å². The second-order valence-corrected chi connectivity index (χ2v) is 6.13. The third-order valence-corrected chi connectivity index (χ3v) is 4.04. The van der Waals surface area contributed by atoms with Crippen LogP contribution in [0, 0.1) is 6.92 Å². The number of aryl methyl sites for hydroxylation is 1. The Morgan fingerprint density at radius 1 is 1.31 bits per heavy atom. The molecule has 5 nitrogen and oxygen atoms in total. The van der Waals surface area contributed by atoms with Crippen molar-refractivity contribution in [3.63, 3.8) is 0 Å². The molecule has 1 N–H and O–H groups in total. The Morgan fingerprint density at radius 3 is 2.62 bits per heavy atom. The molecule has 1 amide bonds. The SMILES string of the molecule is Cc1cc(OC(F)F)ccc1NC(=O)Cn1nc(C(F)F)cc1C1CC1. The summed E-state index contributed by atoms with van der Waals surface area (Å²) < 4.78 is 55.8. The smallest absolute Gasteiger partial charge is 0.387 e. The van der Waals surface area contributed by atoms with Crippen LogP contribution in [0.15, 0.2) is 24.3 Å². The average Bonchev–Trinajstić information content (AvgIpc) is 3.30. The molecule has 1 fully saturated rings. The number of nitrogens with one attached hydrogen (secondary N) is 1. The third kappa shape index (κ3) is 4.33. The molecule has 3 rings (SSSR count). The van der Waals surface area contributed by atoms with Gasteiger partial charge in [-0.3, -0.25) is 9.48 Å². The molecule has 0 radical (unpaired) electrons. The minimum absolute atomic E-state index is 0.0137. The number of hydrogen-bond donors (Lipinski definition) is 1. The van der Waals surface area contributed by atoms with Crippen molar-refractivity contribution in [2.24, 2.45) is 0 Å². The van der Waals surface area contributed by atoms with Crippen molar-refractivity contribution in [2.75, 3.05) is 5.32 Å². The number of benzene rings is 1. The van der Waals surface area contributed by atoms with Crippen LogP contribution in [0.3, 0.4) is 0 Å². The maximum absolute atomic E-state index is 12.9. The number of aromatic nitrogens is 2. The van der Waals surface area contributed by atoms with Crippen LogP contribution >= 0.6 is 0 Å². The van der Waals surface area contributed by atoms with Gasteiger partial charge in [-0.05, 0) is 49.6 Å². The van der Waals surface area contributed by atoms with Gasteiger partial charge in [-0.15, -0.1) is 0 Å². The number of amides is 1. The number of ether oxygens (including phenoxy) is 1. The van der Waals surface area contributed by atoms with Crippen LogP contribution in [-0.2, 0) is 11.3 Å². The zero-order valence-corrected chi connectivity index (χ0v) is 13.9. The van der Waals surface area contributed by atoms with Crippen LogP contribution in [0.2, 0.25) is 0 Å². The lowest BCUT2D eigenvalue weighted by Gasteiger charge is -2.12. The Bertz CT molecular complexity index is 803. The summed E-state index contributed by atoms with van der Waals surface area (Å²) in [5.41, 5.74) is 1.25. The van der Waals surface area contributed by atoms with Gasteiger partial charge < -0.3 is 10.1 Å². The lowest BCUT2D eigenvalue weighted by Crippen LogP contribution is -2.21. The highest BCUT2D eigenvalue weighted by molar-refractivity contribution is 5.91. The van der Waals surface area contributed by atoms with Crippen LogP contribution < -0.4 is 10.1 Å². The molecule has 0 aliphatic heterocycles. The fourth-order valence-corrected chi connectivity index (χ4v) is 2.67. The minimum atomic E-state index is -2.93. The molecule has 2 aromatic rings. The summed E-state index contributed by atoms with van der Waals surface area (Å²) >= 11 is 0. The summed E-state index contributed by atoms with van der Waals surface area (Å²) in [6, 6.07) is 5.48. The molecular formula is C17H17F4N3O2. The minimum Gasteiger partial charge on any atom is -0.435 e. The molecule has 0 atom stereocenters. The molecule has 0 saturated heterocycles. The zero-order chi connectivity index (χ0) is 18.8. The van der Waals surface area contributed by atoms with Gasteiger partial charge in [0.25, 0.3) is 6.43 Å². The van der Waals surface area contributed by atoms with Gasteiger partial charge in [0.2, 0.25) is 5.91 Å². The summed E-state index contributed by atoms with van der Waals surface area (Å²) in [7, 11) is 0. The number of carbonyl (C=O) groups excluding carboxylic acids is 1. The normalized spacial score (nSPS) is 14.1. The predicted molar refractivity (Wildman–Crippen MR) is 85.6 cm³/mol. The Kier molecular flexibility index (Phi) is 5.15. The largest absolute Gasteiger partial charge is 0.435 e. The molecule has 1 aliphatic rings. The second-order valence-electron chi connectivity index (χ2n) is 6.13. The van der Waals surface area contributed by atoms with E-state index in [1.807, 2.05) is 0 Å². The van der Waals surface area contributed by atoms with Crippen molar-refractivity contribution in [1.82, 2.24) is 9.78 Å². The summed E-state index contributed by atoms with van der Waals surface area (Å²) in [6.07, 6.45) is -0.914. The van der Waals surface area contributed by atoms with Gasteiger partial charge in [0.05, 0.1) is 0 Å². The van der Waals surface area contributed by atoms with Crippen LogP contribution in [-0.4, -0.2) is 22.3 Å². The average molecular weight is 371 g/mol. The van der Waals surface area contributed by atoms with Crippen LogP contribution in [0.4, 0.5) is 23.2 Å². The van der Waals surface area contributed by atoms with E-state index < -0.39 is 18.9 Å². The number of halogens is 4. The number of nitrogens with zero attached hydrogens (tertiary/aromatic N) is 2. The van der Waals surface area contributed by atoms with E-state index in [1.165, 1.54) is 28.9 Å². The third-order valence-electron chi connectivity index (χ3n) is 4.04. The van der Waals surface area contributed by atoms with E-state index in [0.29, 0.717) is 16.9 Å². The molecule has 1 heterocycles. The topological polar surface area (TPSA) is 56.1 Å². The molecule has 1 saturated carbocycles. The molecule has 140 valence electrons. The van der Waals surface area contributed by atoms with Crippen molar-refractivity contribution >= 4 is 11.6 Å². The van der Waals surface area contributed by atoms with Gasteiger partial charge in [-0.1, -0.05) is 0 Å². The van der Waals surface area contributed by atoms with Gasteiger partial charge >= 0.3 is 6.61 Å². The van der Waals surface area contributed by atoms with Crippen LogP contribution in [0.1, 0.15) is 42.1 Å². The number of hydrogen-bond acceptors (Lipinski definition) is 3. The van der Waals surface area contributed by atoms with Crippen molar-refractivity contribution in [3.8, 4) is 5.75 Å². The van der Waals surface area contributed by atoms with Gasteiger partial charge in [-0.25, -0.2) is 8.78 Å². The molecule has 0 unspecified atom stereocenters. The Labute approximate surface area is 146 Å². The van der Waals surface area contributed by atoms with Crippen molar-refractivity contribution in [1.29, 1.82) is 0 Å². The quantitative estimate of drug-likeness (QED) is 0.741. The summed E-state index contributed by atoms with van der Waals surface area (Å²) in [5.74, 6) is -0.295. The maximum atomic E-state index is 12.9. The number of carbonyl (C=O) groups is 1. The molecule has 9 heteroatoms. The van der Waals surface area contributed by atoms with Crippen molar-refractivity contribution < 1.29 is 27.1 Å². The first-order valence-corrected chi connectivity index (χ1v) is 8.04. The first-order valence-electron chi connectivity index (χ1n) is 8.04. The van der Waals surface area contributed by atoms with Gasteiger partial charge in [0.15, 0.2) is 0 Å². The highest BCUT2D eigenvalue weighted by atomic mass is 19.3. The van der Waals surface area contributed by atoms with E-state index in [1.54, 1.807) is 6.92 Å². The van der Waals surface area contributed by atoms with Crippen molar-refractivity contribution in [3.05, 3.63) is 41.2 Å². The predicted octanol–water partition coefficient (Wildman–Crippen LogP) is 4.25.